The van der Waals surface area contributed by atoms with Crippen molar-refractivity contribution in [2.75, 3.05) is 10.6 Å². The molecule has 2 amide bonds. The van der Waals surface area contributed by atoms with E-state index in [1.165, 1.54) is 6.20 Å². The molecule has 1 aromatic heterocycles. The minimum absolute atomic E-state index is 0.247. The van der Waals surface area contributed by atoms with Crippen LogP contribution in [0.4, 0.5) is 25.0 Å². The Kier molecular flexibility index (Phi) is 4.67. The highest BCUT2D eigenvalue weighted by atomic mass is 35.5. The van der Waals surface area contributed by atoms with Gasteiger partial charge >= 0.3 is 6.03 Å². The van der Waals surface area contributed by atoms with Crippen LogP contribution in [0, 0.1) is 11.6 Å². The zero-order chi connectivity index (χ0) is 18.0. The van der Waals surface area contributed by atoms with Gasteiger partial charge in [-0.15, -0.1) is 0 Å². The van der Waals surface area contributed by atoms with Crippen LogP contribution in [0.2, 0.25) is 5.02 Å². The average Bonchev–Trinajstić information content (AvgIpc) is 2.90. The highest BCUT2D eigenvalue weighted by Crippen LogP contribution is 2.28. The number of hydrogen-bond acceptors (Lipinski definition) is 2. The first-order chi connectivity index (χ1) is 11.9. The first kappa shape index (κ1) is 16.9. The summed E-state index contributed by atoms with van der Waals surface area (Å²) in [5, 5.41) is 9.38. The lowest BCUT2D eigenvalue weighted by Crippen LogP contribution is -2.20. The Balaban J connectivity index is 1.78. The van der Waals surface area contributed by atoms with E-state index in [0.29, 0.717) is 16.4 Å². The Morgan fingerprint density at radius 1 is 1.16 bits per heavy atom. The molecular weight excluding hydrogens is 350 g/mol. The highest BCUT2D eigenvalue weighted by molar-refractivity contribution is 6.33. The summed E-state index contributed by atoms with van der Waals surface area (Å²) in [5.74, 6) is -1.38. The van der Waals surface area contributed by atoms with Gasteiger partial charge in [-0.1, -0.05) is 23.7 Å². The van der Waals surface area contributed by atoms with Crippen LogP contribution in [0.1, 0.15) is 0 Å². The number of urea groups is 1. The summed E-state index contributed by atoms with van der Waals surface area (Å²) in [5.41, 5.74) is 1.66. The summed E-state index contributed by atoms with van der Waals surface area (Å²) >= 11 is 6.12. The normalized spacial score (nSPS) is 10.6. The van der Waals surface area contributed by atoms with Crippen molar-refractivity contribution in [1.29, 1.82) is 0 Å². The van der Waals surface area contributed by atoms with Gasteiger partial charge in [0.2, 0.25) is 0 Å². The Bertz CT molecular complexity index is 923. The number of anilines is 2. The zero-order valence-electron chi connectivity index (χ0n) is 13.1. The average molecular weight is 363 g/mol. The number of benzene rings is 2. The molecule has 3 aromatic rings. The molecule has 0 saturated carbocycles. The van der Waals surface area contributed by atoms with Crippen LogP contribution < -0.4 is 10.6 Å². The molecule has 0 atom stereocenters. The fourth-order valence-electron chi connectivity index (χ4n) is 2.36. The topological polar surface area (TPSA) is 59.0 Å². The Morgan fingerprint density at radius 3 is 2.68 bits per heavy atom. The van der Waals surface area contributed by atoms with Crippen molar-refractivity contribution in [3.05, 3.63) is 65.3 Å². The van der Waals surface area contributed by atoms with Crippen LogP contribution in [0.15, 0.2) is 48.7 Å². The van der Waals surface area contributed by atoms with E-state index in [2.05, 4.69) is 15.7 Å². The van der Waals surface area contributed by atoms with E-state index < -0.39 is 17.7 Å². The third kappa shape index (κ3) is 3.77. The standard InChI is InChI=1S/C17H13ClF2N4O/c1-24-16(13(18)9-21-24)10-3-2-4-12(7-10)22-17(25)23-15-8-11(19)5-6-14(15)20/h2-9H,1H3,(H2,22,23,25). The van der Waals surface area contributed by atoms with Crippen LogP contribution >= 0.6 is 11.6 Å². The minimum Gasteiger partial charge on any atom is -0.308 e. The Labute approximate surface area is 147 Å². The Hall–Kier alpha value is -2.93. The van der Waals surface area contributed by atoms with Crippen molar-refractivity contribution in [2.45, 2.75) is 0 Å². The second-order valence-corrected chi connectivity index (χ2v) is 5.66. The number of rotatable bonds is 3. The highest BCUT2D eigenvalue weighted by Gasteiger charge is 2.12. The summed E-state index contributed by atoms with van der Waals surface area (Å²) in [6.45, 7) is 0. The first-order valence-corrected chi connectivity index (χ1v) is 7.63. The fraction of sp³-hybridized carbons (Fsp3) is 0.0588. The summed E-state index contributed by atoms with van der Waals surface area (Å²) in [7, 11) is 1.75. The van der Waals surface area contributed by atoms with Gasteiger partial charge in [-0.05, 0) is 24.3 Å². The van der Waals surface area contributed by atoms with Gasteiger partial charge in [0.15, 0.2) is 0 Å². The molecule has 3 rings (SSSR count). The maximum atomic E-state index is 13.6. The van der Waals surface area contributed by atoms with Gasteiger partial charge in [-0.2, -0.15) is 5.10 Å². The largest absolute Gasteiger partial charge is 0.323 e. The van der Waals surface area contributed by atoms with Crippen LogP contribution in [-0.4, -0.2) is 15.8 Å². The molecule has 0 spiro atoms. The quantitative estimate of drug-likeness (QED) is 0.711. The molecule has 0 fully saturated rings. The van der Waals surface area contributed by atoms with Crippen molar-refractivity contribution in [1.82, 2.24) is 9.78 Å². The van der Waals surface area contributed by atoms with Gasteiger partial charge in [0.1, 0.15) is 11.6 Å². The van der Waals surface area contributed by atoms with E-state index in [-0.39, 0.29) is 5.69 Å². The third-order valence-corrected chi connectivity index (χ3v) is 3.74. The second-order valence-electron chi connectivity index (χ2n) is 5.25. The fourth-order valence-corrected chi connectivity index (χ4v) is 2.63. The predicted octanol–water partition coefficient (Wildman–Crippen LogP) is 4.66. The predicted molar refractivity (Wildman–Crippen MR) is 92.7 cm³/mol. The first-order valence-electron chi connectivity index (χ1n) is 7.25. The zero-order valence-corrected chi connectivity index (χ0v) is 13.8. The third-order valence-electron chi connectivity index (χ3n) is 3.46. The number of nitrogens with zero attached hydrogens (tertiary/aromatic N) is 2. The Morgan fingerprint density at radius 2 is 1.96 bits per heavy atom. The van der Waals surface area contributed by atoms with Gasteiger partial charge in [0.05, 0.1) is 22.6 Å². The van der Waals surface area contributed by atoms with Crippen LogP contribution in [0.25, 0.3) is 11.3 Å². The number of carbonyl (C=O) groups is 1. The van der Waals surface area contributed by atoms with E-state index >= 15 is 0 Å². The number of aromatic nitrogens is 2. The van der Waals surface area contributed by atoms with E-state index in [4.69, 9.17) is 11.6 Å². The van der Waals surface area contributed by atoms with E-state index in [1.807, 2.05) is 6.07 Å². The monoisotopic (exact) mass is 362 g/mol. The number of hydrogen-bond donors (Lipinski definition) is 2. The van der Waals surface area contributed by atoms with Crippen LogP contribution in [-0.2, 0) is 7.05 Å². The van der Waals surface area contributed by atoms with Gasteiger partial charge < -0.3 is 10.6 Å². The lowest BCUT2D eigenvalue weighted by molar-refractivity contribution is 0.262. The summed E-state index contributed by atoms with van der Waals surface area (Å²) in [6.07, 6.45) is 1.52. The molecule has 1 heterocycles. The molecule has 0 aliphatic heterocycles. The summed E-state index contributed by atoms with van der Waals surface area (Å²) < 4.78 is 28.3. The maximum Gasteiger partial charge on any atom is 0.323 e. The van der Waals surface area contributed by atoms with Gasteiger partial charge in [0, 0.05) is 24.4 Å². The van der Waals surface area contributed by atoms with E-state index in [0.717, 1.165) is 23.8 Å². The number of amides is 2. The van der Waals surface area contributed by atoms with Gasteiger partial charge in [0.25, 0.3) is 0 Å². The molecule has 0 radical (unpaired) electrons. The molecule has 0 saturated heterocycles. The van der Waals surface area contributed by atoms with Crippen molar-refractivity contribution in [3.63, 3.8) is 0 Å². The molecule has 0 aliphatic carbocycles. The number of carbonyl (C=O) groups excluding carboxylic acids is 1. The van der Waals surface area contributed by atoms with Gasteiger partial charge in [-0.25, -0.2) is 13.6 Å². The van der Waals surface area contributed by atoms with Crippen molar-refractivity contribution in [3.8, 4) is 11.3 Å². The van der Waals surface area contributed by atoms with E-state index in [9.17, 15) is 13.6 Å². The minimum atomic E-state index is -0.730. The van der Waals surface area contributed by atoms with Crippen LogP contribution in [0.3, 0.4) is 0 Å². The summed E-state index contributed by atoms with van der Waals surface area (Å²) in [4.78, 5) is 12.0. The molecule has 0 aliphatic rings. The second kappa shape index (κ2) is 6.90. The smallest absolute Gasteiger partial charge is 0.308 e. The van der Waals surface area contributed by atoms with Crippen molar-refractivity contribution >= 4 is 29.0 Å². The lowest BCUT2D eigenvalue weighted by Gasteiger charge is -2.10. The SMILES string of the molecule is Cn1ncc(Cl)c1-c1cccc(NC(=O)Nc2cc(F)ccc2F)c1. The molecule has 2 aromatic carbocycles. The number of nitrogens with one attached hydrogen (secondary N) is 2. The van der Waals surface area contributed by atoms with Crippen molar-refractivity contribution in [2.24, 2.45) is 7.05 Å². The van der Waals surface area contributed by atoms with E-state index in [1.54, 1.807) is 29.9 Å². The molecule has 5 nitrogen and oxygen atoms in total. The molecule has 0 bridgehead atoms. The molecule has 0 unspecified atom stereocenters. The molecule has 2 N–H and O–H groups in total. The van der Waals surface area contributed by atoms with Gasteiger partial charge in [-0.3, -0.25) is 4.68 Å². The van der Waals surface area contributed by atoms with Crippen molar-refractivity contribution < 1.29 is 13.6 Å². The number of halogens is 3. The number of aryl methyl sites for hydroxylation is 1. The lowest BCUT2D eigenvalue weighted by atomic mass is 10.1. The molecule has 8 heteroatoms. The summed E-state index contributed by atoms with van der Waals surface area (Å²) in [6, 6.07) is 9.03. The molecular formula is C17H13ClF2N4O. The molecule has 25 heavy (non-hydrogen) atoms. The van der Waals surface area contributed by atoms with Crippen LogP contribution in [0.5, 0.6) is 0 Å². The maximum absolute atomic E-state index is 13.6. The molecule has 128 valence electrons.